The second-order valence-electron chi connectivity index (χ2n) is 13.9. The van der Waals surface area contributed by atoms with E-state index in [0.717, 1.165) is 42.5 Å². The van der Waals surface area contributed by atoms with Gasteiger partial charge in [-0.2, -0.15) is 0 Å². The smallest absolute Gasteiger partial charge is 0.250 e. The lowest BCUT2D eigenvalue weighted by Crippen LogP contribution is -2.59. The molecule has 3 aromatic carbocycles. The minimum absolute atomic E-state index is 0.0187. The van der Waals surface area contributed by atoms with Crippen LogP contribution in [0.3, 0.4) is 0 Å². The fourth-order valence-corrected chi connectivity index (χ4v) is 8.11. The Morgan fingerprint density at radius 1 is 0.837 bits per heavy atom. The first-order valence-corrected chi connectivity index (χ1v) is 17.8. The largest absolute Gasteiger partial charge is 0.352 e. The number of hydrogen-bond donors (Lipinski definition) is 3. The number of nitrogens with one attached hydrogen (secondary N) is 3. The second-order valence-corrected chi connectivity index (χ2v) is 13.9. The van der Waals surface area contributed by atoms with Crippen LogP contribution in [-0.4, -0.2) is 77.4 Å². The van der Waals surface area contributed by atoms with Crippen LogP contribution in [0.1, 0.15) is 67.7 Å². The van der Waals surface area contributed by atoms with E-state index < -0.39 is 17.6 Å². The highest BCUT2D eigenvalue weighted by Gasteiger charge is 2.54. The van der Waals surface area contributed by atoms with Crippen LogP contribution in [0.4, 0.5) is 5.69 Å². The van der Waals surface area contributed by atoms with Gasteiger partial charge in [-0.1, -0.05) is 92.1 Å². The molecule has 10 heteroatoms. The molecule has 1 spiro atoms. The number of carbonyl (C=O) groups is 4. The van der Waals surface area contributed by atoms with E-state index in [-0.39, 0.29) is 36.2 Å². The van der Waals surface area contributed by atoms with Crippen LogP contribution in [0.5, 0.6) is 0 Å². The molecule has 2 atom stereocenters. The normalized spacial score (nSPS) is 21.3. The standard InChI is InChI=1S/C39H46N6O4/c46-34(41-31-16-6-2-7-17-31)26-44-27-45(32-18-8-3-9-19-32)39(38(44)49)20-22-43(23-21-39)37(48)35(28-12-4-1-5-13-28)42-36(47)33-24-29-14-10-11-15-30(29)25-40-33/h1,3-5,8-15,18-19,31,33,35,40H,2,6-7,16-17,20-27H2,(H,41,46)(H,42,47)/t33-,35+/m0/s1. The maximum atomic E-state index is 14.3. The van der Waals surface area contributed by atoms with Crippen LogP contribution >= 0.6 is 0 Å². The van der Waals surface area contributed by atoms with Crippen molar-refractivity contribution in [2.24, 2.45) is 0 Å². The third kappa shape index (κ3) is 6.92. The van der Waals surface area contributed by atoms with Crippen LogP contribution in [-0.2, 0) is 32.1 Å². The number of nitrogens with zero attached hydrogens (tertiary/aromatic N) is 3. The molecule has 0 aromatic heterocycles. The molecule has 0 unspecified atom stereocenters. The molecule has 0 radical (unpaired) electrons. The minimum Gasteiger partial charge on any atom is -0.352 e. The molecule has 1 aliphatic carbocycles. The van der Waals surface area contributed by atoms with E-state index in [1.807, 2.05) is 78.9 Å². The molecular weight excluding hydrogens is 616 g/mol. The van der Waals surface area contributed by atoms with Gasteiger partial charge in [0.2, 0.25) is 17.7 Å². The van der Waals surface area contributed by atoms with Crippen molar-refractivity contribution >= 4 is 29.3 Å². The molecule has 3 N–H and O–H groups in total. The molecule has 3 heterocycles. The van der Waals surface area contributed by atoms with Gasteiger partial charge in [0.1, 0.15) is 18.1 Å². The van der Waals surface area contributed by atoms with Crippen LogP contribution in [0.15, 0.2) is 84.9 Å². The lowest BCUT2D eigenvalue weighted by atomic mass is 9.85. The van der Waals surface area contributed by atoms with Gasteiger partial charge >= 0.3 is 0 Å². The van der Waals surface area contributed by atoms with Crippen molar-refractivity contribution in [2.75, 3.05) is 31.2 Å². The number of para-hydroxylation sites is 1. The van der Waals surface area contributed by atoms with Crippen molar-refractivity contribution in [1.29, 1.82) is 0 Å². The summed E-state index contributed by atoms with van der Waals surface area (Å²) >= 11 is 0. The fraction of sp³-hybridized carbons (Fsp3) is 0.436. The lowest BCUT2D eigenvalue weighted by molar-refractivity contribution is -0.142. The maximum Gasteiger partial charge on any atom is 0.250 e. The summed E-state index contributed by atoms with van der Waals surface area (Å²) in [5.41, 5.74) is 3.08. The maximum absolute atomic E-state index is 14.3. The van der Waals surface area contributed by atoms with Gasteiger partial charge in [0.15, 0.2) is 0 Å². The van der Waals surface area contributed by atoms with Crippen LogP contribution in [0.2, 0.25) is 0 Å². The Bertz CT molecular complexity index is 1650. The lowest BCUT2D eigenvalue weighted by Gasteiger charge is -2.44. The van der Waals surface area contributed by atoms with E-state index >= 15 is 0 Å². The van der Waals surface area contributed by atoms with Crippen molar-refractivity contribution in [3.63, 3.8) is 0 Å². The summed E-state index contributed by atoms with van der Waals surface area (Å²) in [5.74, 6) is -0.589. The molecule has 4 aliphatic rings. The van der Waals surface area contributed by atoms with Crippen molar-refractivity contribution in [3.8, 4) is 0 Å². The van der Waals surface area contributed by atoms with E-state index in [1.165, 1.54) is 12.0 Å². The zero-order valence-electron chi connectivity index (χ0n) is 28.0. The van der Waals surface area contributed by atoms with Crippen molar-refractivity contribution < 1.29 is 19.2 Å². The van der Waals surface area contributed by atoms with Crippen molar-refractivity contribution in [2.45, 2.75) is 81.6 Å². The van der Waals surface area contributed by atoms with Gasteiger partial charge in [-0.25, -0.2) is 0 Å². The molecule has 10 nitrogen and oxygen atoms in total. The van der Waals surface area contributed by atoms with Crippen molar-refractivity contribution in [3.05, 3.63) is 102 Å². The van der Waals surface area contributed by atoms with E-state index in [1.54, 1.807) is 9.80 Å². The zero-order chi connectivity index (χ0) is 33.8. The Morgan fingerprint density at radius 2 is 1.49 bits per heavy atom. The highest BCUT2D eigenvalue weighted by atomic mass is 16.2. The molecule has 4 amide bonds. The van der Waals surface area contributed by atoms with Gasteiger partial charge < -0.3 is 30.7 Å². The average molecular weight is 663 g/mol. The number of fused-ring (bicyclic) bond motifs is 1. The summed E-state index contributed by atoms with van der Waals surface area (Å²) < 4.78 is 0. The Kier molecular flexibility index (Phi) is 9.66. The highest BCUT2D eigenvalue weighted by molar-refractivity contribution is 5.97. The zero-order valence-corrected chi connectivity index (χ0v) is 28.0. The van der Waals surface area contributed by atoms with Gasteiger partial charge in [-0.05, 0) is 60.9 Å². The predicted octanol–water partition coefficient (Wildman–Crippen LogP) is 3.67. The predicted molar refractivity (Wildman–Crippen MR) is 187 cm³/mol. The molecular formula is C39H46N6O4. The van der Waals surface area contributed by atoms with Crippen LogP contribution in [0, 0.1) is 0 Å². The number of rotatable bonds is 8. The molecule has 3 aliphatic heterocycles. The Balaban J connectivity index is 1.06. The van der Waals surface area contributed by atoms with Gasteiger partial charge in [-0.3, -0.25) is 19.2 Å². The first-order valence-electron chi connectivity index (χ1n) is 17.8. The van der Waals surface area contributed by atoms with Gasteiger partial charge in [-0.15, -0.1) is 0 Å². The summed E-state index contributed by atoms with van der Waals surface area (Å²) in [6, 6.07) is 26.2. The second kappa shape index (κ2) is 14.4. The number of anilines is 1. The third-order valence-corrected chi connectivity index (χ3v) is 10.9. The monoisotopic (exact) mass is 662 g/mol. The van der Waals surface area contributed by atoms with Crippen LogP contribution in [0.25, 0.3) is 0 Å². The molecule has 49 heavy (non-hydrogen) atoms. The van der Waals surface area contributed by atoms with E-state index in [4.69, 9.17) is 0 Å². The van der Waals surface area contributed by atoms with Gasteiger partial charge in [0.25, 0.3) is 5.91 Å². The first-order chi connectivity index (χ1) is 23.9. The van der Waals surface area contributed by atoms with Crippen LogP contribution < -0.4 is 20.9 Å². The van der Waals surface area contributed by atoms with Gasteiger partial charge in [0, 0.05) is 31.4 Å². The van der Waals surface area contributed by atoms with E-state index in [0.29, 0.717) is 45.6 Å². The Labute approximate surface area is 288 Å². The molecule has 2 saturated heterocycles. The molecule has 3 aromatic rings. The molecule has 7 rings (SSSR count). The number of likely N-dealkylation sites (tertiary alicyclic amines) is 1. The Morgan fingerprint density at radius 3 is 2.20 bits per heavy atom. The topological polar surface area (TPSA) is 114 Å². The molecule has 3 fully saturated rings. The summed E-state index contributed by atoms with van der Waals surface area (Å²) in [6.07, 6.45) is 6.81. The number of amides is 4. The highest BCUT2D eigenvalue weighted by Crippen LogP contribution is 2.40. The average Bonchev–Trinajstić information content (AvgIpc) is 3.40. The summed E-state index contributed by atoms with van der Waals surface area (Å²) in [5, 5.41) is 9.57. The number of carbonyl (C=O) groups excluding carboxylic acids is 4. The molecule has 256 valence electrons. The minimum atomic E-state index is -0.867. The van der Waals surface area contributed by atoms with E-state index in [2.05, 4.69) is 26.9 Å². The third-order valence-electron chi connectivity index (χ3n) is 10.9. The Hall–Kier alpha value is -4.70. The van der Waals surface area contributed by atoms with Crippen molar-refractivity contribution in [1.82, 2.24) is 25.8 Å². The SMILES string of the molecule is O=C(CN1CN(c2ccccc2)C2(CCN(C(=O)[C@H](NC(=O)[C@@H]3Cc4ccccc4CN3)c3ccccc3)CC2)C1=O)NC1CCCCC1. The quantitative estimate of drug-likeness (QED) is 0.340. The summed E-state index contributed by atoms with van der Waals surface area (Å²) in [4.78, 5) is 60.9. The summed E-state index contributed by atoms with van der Waals surface area (Å²) in [7, 11) is 0. The van der Waals surface area contributed by atoms with Gasteiger partial charge in [0.05, 0.1) is 12.7 Å². The number of hydrogen-bond acceptors (Lipinski definition) is 6. The molecule has 1 saturated carbocycles. The summed E-state index contributed by atoms with van der Waals surface area (Å²) in [6.45, 7) is 1.63. The number of benzene rings is 3. The fourth-order valence-electron chi connectivity index (χ4n) is 8.11. The first kappa shape index (κ1) is 32.8. The van der Waals surface area contributed by atoms with E-state index in [9.17, 15) is 19.2 Å². The molecule has 0 bridgehead atoms. The number of piperidine rings is 1.